The van der Waals surface area contributed by atoms with E-state index in [1.807, 2.05) is 36.1 Å². The number of hydrogen-bond donors (Lipinski definition) is 1. The van der Waals surface area contributed by atoms with E-state index in [0.717, 1.165) is 37.2 Å². The molecule has 6 heteroatoms. The van der Waals surface area contributed by atoms with E-state index < -0.39 is 0 Å². The van der Waals surface area contributed by atoms with E-state index in [4.69, 9.17) is 23.2 Å². The van der Waals surface area contributed by atoms with E-state index in [1.54, 1.807) is 18.2 Å². The number of Topliss-reactive ketones (excluding diaryl/α,β-unsaturated/α-hetero) is 1. The van der Waals surface area contributed by atoms with Gasteiger partial charge in [-0.1, -0.05) is 65.7 Å². The Morgan fingerprint density at radius 3 is 2.23 bits per heavy atom. The average Bonchev–Trinajstić information content (AvgIpc) is 2.86. The van der Waals surface area contributed by atoms with Crippen molar-refractivity contribution in [2.45, 2.75) is 38.5 Å². The molecule has 1 fully saturated rings. The highest BCUT2D eigenvalue weighted by Crippen LogP contribution is 2.30. The van der Waals surface area contributed by atoms with Crippen LogP contribution < -0.4 is 5.32 Å². The number of halogens is 2. The Balaban J connectivity index is 1.25. The topological polar surface area (TPSA) is 49.4 Å². The number of hydrogen-bond acceptors (Lipinski definition) is 3. The summed E-state index contributed by atoms with van der Waals surface area (Å²) < 4.78 is 0. The first-order valence-corrected chi connectivity index (χ1v) is 12.8. The van der Waals surface area contributed by atoms with Crippen LogP contribution in [0.15, 0.2) is 66.7 Å². The third-order valence-electron chi connectivity index (χ3n) is 6.60. The summed E-state index contributed by atoms with van der Waals surface area (Å²) in [7, 11) is 0. The number of nitrogens with one attached hydrogen (secondary N) is 1. The second-order valence-corrected chi connectivity index (χ2v) is 10.0. The standard InChI is InChI=1S/C29H30Cl2N2O2/c1-20-4-2-5-24(16-20)32-19-25(34)17-21-8-10-22(11-9-21)23-12-14-33(15-13-23)29(35)18-26-27(30)6-3-7-28(26)31/h2-11,16,23,32H,12-15,17-19H2,1H3. The zero-order chi connectivity index (χ0) is 24.8. The fraction of sp³-hybridized carbons (Fsp3) is 0.310. The minimum Gasteiger partial charge on any atom is -0.378 e. The summed E-state index contributed by atoms with van der Waals surface area (Å²) in [5.41, 5.74) is 5.11. The summed E-state index contributed by atoms with van der Waals surface area (Å²) in [6.45, 7) is 3.79. The van der Waals surface area contributed by atoms with E-state index in [-0.39, 0.29) is 18.1 Å². The van der Waals surface area contributed by atoms with E-state index >= 15 is 0 Å². The predicted molar refractivity (Wildman–Crippen MR) is 144 cm³/mol. The van der Waals surface area contributed by atoms with Gasteiger partial charge >= 0.3 is 0 Å². The molecule has 0 atom stereocenters. The number of carbonyl (C=O) groups excluding carboxylic acids is 2. The number of carbonyl (C=O) groups is 2. The number of ketones is 1. The van der Waals surface area contributed by atoms with Crippen LogP contribution in [0.3, 0.4) is 0 Å². The van der Waals surface area contributed by atoms with Gasteiger partial charge in [0.2, 0.25) is 5.91 Å². The lowest BCUT2D eigenvalue weighted by molar-refractivity contribution is -0.131. The number of nitrogens with zero attached hydrogens (tertiary/aromatic N) is 1. The highest BCUT2D eigenvalue weighted by molar-refractivity contribution is 6.36. The molecule has 182 valence electrons. The molecule has 0 aliphatic carbocycles. The summed E-state index contributed by atoms with van der Waals surface area (Å²) >= 11 is 12.5. The molecule has 1 aliphatic heterocycles. The van der Waals surface area contributed by atoms with Gasteiger partial charge in [0, 0.05) is 35.2 Å². The molecule has 3 aromatic rings. The lowest BCUT2D eigenvalue weighted by atomic mass is 9.88. The van der Waals surface area contributed by atoms with E-state index in [9.17, 15) is 9.59 Å². The summed E-state index contributed by atoms with van der Waals surface area (Å²) in [5.74, 6) is 0.631. The first-order chi connectivity index (χ1) is 16.9. The molecule has 0 bridgehead atoms. The zero-order valence-electron chi connectivity index (χ0n) is 19.9. The molecule has 1 amide bonds. The molecule has 4 nitrogen and oxygen atoms in total. The van der Waals surface area contributed by atoms with Gasteiger partial charge in [-0.3, -0.25) is 9.59 Å². The lowest BCUT2D eigenvalue weighted by Gasteiger charge is -2.32. The van der Waals surface area contributed by atoms with Gasteiger partial charge in [0.15, 0.2) is 5.78 Å². The number of benzene rings is 3. The van der Waals surface area contributed by atoms with Crippen molar-refractivity contribution in [3.63, 3.8) is 0 Å². The largest absolute Gasteiger partial charge is 0.378 e. The van der Waals surface area contributed by atoms with Crippen LogP contribution in [0.5, 0.6) is 0 Å². The maximum atomic E-state index is 12.8. The Hall–Kier alpha value is -2.82. The fourth-order valence-corrected chi connectivity index (χ4v) is 5.11. The Morgan fingerprint density at radius 1 is 0.914 bits per heavy atom. The van der Waals surface area contributed by atoms with Gasteiger partial charge in [-0.15, -0.1) is 0 Å². The van der Waals surface area contributed by atoms with Gasteiger partial charge in [0.1, 0.15) is 0 Å². The van der Waals surface area contributed by atoms with Gasteiger partial charge in [0.05, 0.1) is 13.0 Å². The van der Waals surface area contributed by atoms with Gasteiger partial charge in [-0.2, -0.15) is 0 Å². The van der Waals surface area contributed by atoms with Crippen molar-refractivity contribution in [1.29, 1.82) is 0 Å². The van der Waals surface area contributed by atoms with Crippen LogP contribution in [-0.2, 0) is 22.4 Å². The minimum atomic E-state index is 0.0617. The molecule has 35 heavy (non-hydrogen) atoms. The first kappa shape index (κ1) is 25.3. The fourth-order valence-electron chi connectivity index (χ4n) is 4.58. The van der Waals surface area contributed by atoms with Crippen LogP contribution in [0.1, 0.15) is 41.0 Å². The van der Waals surface area contributed by atoms with Gasteiger partial charge in [-0.05, 0) is 72.2 Å². The van der Waals surface area contributed by atoms with Crippen molar-refractivity contribution in [3.8, 4) is 0 Å². The maximum absolute atomic E-state index is 12.8. The van der Waals surface area contributed by atoms with Crippen molar-refractivity contribution < 1.29 is 9.59 Å². The molecule has 0 saturated carbocycles. The smallest absolute Gasteiger partial charge is 0.227 e. The molecule has 0 spiro atoms. The van der Waals surface area contributed by atoms with Crippen molar-refractivity contribution in [2.24, 2.45) is 0 Å². The van der Waals surface area contributed by atoms with E-state index in [0.29, 0.717) is 34.5 Å². The third-order valence-corrected chi connectivity index (χ3v) is 7.31. The van der Waals surface area contributed by atoms with Crippen LogP contribution in [-0.4, -0.2) is 36.2 Å². The van der Waals surface area contributed by atoms with Gasteiger partial charge in [0.25, 0.3) is 0 Å². The van der Waals surface area contributed by atoms with Crippen molar-refractivity contribution in [1.82, 2.24) is 4.90 Å². The monoisotopic (exact) mass is 508 g/mol. The van der Waals surface area contributed by atoms with E-state index in [2.05, 4.69) is 29.6 Å². The number of aryl methyl sites for hydroxylation is 1. The number of amides is 1. The highest BCUT2D eigenvalue weighted by Gasteiger charge is 2.25. The van der Waals surface area contributed by atoms with Crippen molar-refractivity contribution in [2.75, 3.05) is 25.0 Å². The van der Waals surface area contributed by atoms with Crippen LogP contribution in [0, 0.1) is 6.92 Å². The number of likely N-dealkylation sites (tertiary alicyclic amines) is 1. The normalized spacial score (nSPS) is 14.1. The lowest BCUT2D eigenvalue weighted by Crippen LogP contribution is -2.38. The molecule has 1 aliphatic rings. The Kier molecular flexibility index (Phi) is 8.48. The second kappa shape index (κ2) is 11.7. The molecule has 1 heterocycles. The van der Waals surface area contributed by atoms with Crippen LogP contribution in [0.2, 0.25) is 10.0 Å². The molecule has 1 N–H and O–H groups in total. The Labute approximate surface area is 217 Å². The van der Waals surface area contributed by atoms with Crippen molar-refractivity contribution in [3.05, 3.63) is 99.0 Å². The zero-order valence-corrected chi connectivity index (χ0v) is 21.4. The summed E-state index contributed by atoms with van der Waals surface area (Å²) in [6, 6.07) is 21.7. The predicted octanol–water partition coefficient (Wildman–Crippen LogP) is 6.47. The molecule has 4 rings (SSSR count). The Bertz CT molecular complexity index is 1170. The number of piperidine rings is 1. The highest BCUT2D eigenvalue weighted by atomic mass is 35.5. The van der Waals surface area contributed by atoms with Crippen molar-refractivity contribution >= 4 is 40.6 Å². The minimum absolute atomic E-state index is 0.0617. The molecular formula is C29H30Cl2N2O2. The van der Waals surface area contributed by atoms with Gasteiger partial charge in [-0.25, -0.2) is 0 Å². The van der Waals surface area contributed by atoms with Crippen LogP contribution >= 0.6 is 23.2 Å². The molecule has 3 aromatic carbocycles. The Morgan fingerprint density at radius 2 is 1.57 bits per heavy atom. The van der Waals surface area contributed by atoms with E-state index in [1.165, 1.54) is 11.1 Å². The summed E-state index contributed by atoms with van der Waals surface area (Å²) in [5, 5.41) is 4.27. The SMILES string of the molecule is Cc1cccc(NCC(=O)Cc2ccc(C3CCN(C(=O)Cc4c(Cl)cccc4Cl)CC3)cc2)c1. The van der Waals surface area contributed by atoms with Crippen LogP contribution in [0.4, 0.5) is 5.69 Å². The first-order valence-electron chi connectivity index (χ1n) is 12.0. The quantitative estimate of drug-likeness (QED) is 0.379. The third kappa shape index (κ3) is 6.87. The average molecular weight is 509 g/mol. The summed E-state index contributed by atoms with van der Waals surface area (Å²) in [6.07, 6.45) is 2.47. The number of anilines is 1. The molecule has 0 aromatic heterocycles. The molecular weight excluding hydrogens is 479 g/mol. The molecule has 0 unspecified atom stereocenters. The maximum Gasteiger partial charge on any atom is 0.227 e. The number of rotatable bonds is 8. The summed E-state index contributed by atoms with van der Waals surface area (Å²) in [4.78, 5) is 27.1. The molecule has 0 radical (unpaired) electrons. The van der Waals surface area contributed by atoms with Gasteiger partial charge < -0.3 is 10.2 Å². The molecule has 1 saturated heterocycles. The second-order valence-electron chi connectivity index (χ2n) is 9.21. The van der Waals surface area contributed by atoms with Crippen LogP contribution in [0.25, 0.3) is 0 Å².